The van der Waals surface area contributed by atoms with E-state index in [4.69, 9.17) is 0 Å². The second-order valence-electron chi connectivity index (χ2n) is 4.42. The molecule has 0 spiro atoms. The fourth-order valence-corrected chi connectivity index (χ4v) is 1.43. The highest BCUT2D eigenvalue weighted by Crippen LogP contribution is 2.24. The molecule has 0 aliphatic carbocycles. The zero-order valence-corrected chi connectivity index (χ0v) is 10.8. The summed E-state index contributed by atoms with van der Waals surface area (Å²) in [4.78, 5) is 12.3. The monoisotopic (exact) mass is 255 g/mol. The second-order valence-corrected chi connectivity index (χ2v) is 4.42. The lowest BCUT2D eigenvalue weighted by atomic mass is 10.2. The van der Waals surface area contributed by atoms with Gasteiger partial charge >= 0.3 is 0 Å². The van der Waals surface area contributed by atoms with E-state index < -0.39 is 10.7 Å². The molecule has 0 unspecified atom stereocenters. The highest BCUT2D eigenvalue weighted by Gasteiger charge is 2.14. The highest BCUT2D eigenvalue weighted by molar-refractivity contribution is 5.61. The fraction of sp³-hybridized carbons (Fsp3) is 0.500. The van der Waals surface area contributed by atoms with E-state index in [-0.39, 0.29) is 11.4 Å². The number of hydrogen-bond donors (Lipinski definition) is 1. The maximum atomic E-state index is 13.1. The average molecular weight is 255 g/mol. The van der Waals surface area contributed by atoms with E-state index >= 15 is 0 Å². The molecule has 0 aliphatic heterocycles. The van der Waals surface area contributed by atoms with Gasteiger partial charge in [-0.15, -0.1) is 0 Å². The first kappa shape index (κ1) is 14.4. The van der Waals surface area contributed by atoms with Crippen molar-refractivity contribution in [3.05, 3.63) is 34.1 Å². The molecule has 1 aromatic carbocycles. The maximum Gasteiger partial charge on any atom is 0.292 e. The van der Waals surface area contributed by atoms with Crippen LogP contribution in [0.1, 0.15) is 13.8 Å². The number of nitrogens with one attached hydrogen (secondary N) is 1. The summed E-state index contributed by atoms with van der Waals surface area (Å²) < 4.78 is 13.1. The molecule has 0 saturated heterocycles. The van der Waals surface area contributed by atoms with E-state index in [2.05, 4.69) is 24.1 Å². The van der Waals surface area contributed by atoms with Gasteiger partial charge in [0.1, 0.15) is 11.5 Å². The molecule has 0 saturated carbocycles. The quantitative estimate of drug-likeness (QED) is 0.626. The molecule has 0 aromatic heterocycles. The van der Waals surface area contributed by atoms with Crippen LogP contribution in [0.4, 0.5) is 15.8 Å². The standard InChI is InChI=1S/C12H18FN3O2/c1-9(2)15(3)7-6-14-11-8-10(13)4-5-12(11)16(17)18/h4-5,8-9,14H,6-7H2,1-3H3. The van der Waals surface area contributed by atoms with Crippen molar-refractivity contribution < 1.29 is 9.31 Å². The first-order valence-electron chi connectivity index (χ1n) is 5.80. The minimum absolute atomic E-state index is 0.108. The first-order chi connectivity index (χ1) is 8.41. The summed E-state index contributed by atoms with van der Waals surface area (Å²) in [5.41, 5.74) is 0.112. The third-order valence-corrected chi connectivity index (χ3v) is 2.82. The number of nitrogens with zero attached hydrogens (tertiary/aromatic N) is 2. The molecule has 100 valence electrons. The van der Waals surface area contributed by atoms with Crippen molar-refractivity contribution in [1.82, 2.24) is 4.90 Å². The van der Waals surface area contributed by atoms with Crippen LogP contribution in [-0.2, 0) is 0 Å². The molecule has 1 aromatic rings. The number of rotatable bonds is 6. The SMILES string of the molecule is CC(C)N(C)CCNc1cc(F)ccc1[N+](=O)[O-]. The Morgan fingerprint density at radius 1 is 1.50 bits per heavy atom. The van der Waals surface area contributed by atoms with Gasteiger partial charge in [-0.05, 0) is 27.0 Å². The Kier molecular flexibility index (Phi) is 5.03. The van der Waals surface area contributed by atoms with E-state index in [1.807, 2.05) is 7.05 Å². The van der Waals surface area contributed by atoms with E-state index in [9.17, 15) is 14.5 Å². The minimum atomic E-state index is -0.520. The summed E-state index contributed by atoms with van der Waals surface area (Å²) in [5.74, 6) is -0.486. The minimum Gasteiger partial charge on any atom is -0.378 e. The highest BCUT2D eigenvalue weighted by atomic mass is 19.1. The molecule has 0 aliphatic rings. The topological polar surface area (TPSA) is 58.4 Å². The maximum absolute atomic E-state index is 13.1. The van der Waals surface area contributed by atoms with Gasteiger partial charge in [0.2, 0.25) is 0 Å². The van der Waals surface area contributed by atoms with E-state index in [0.29, 0.717) is 12.6 Å². The van der Waals surface area contributed by atoms with Crippen LogP contribution in [0.15, 0.2) is 18.2 Å². The summed E-state index contributed by atoms with van der Waals surface area (Å²) in [6.07, 6.45) is 0. The summed E-state index contributed by atoms with van der Waals surface area (Å²) in [6, 6.07) is 3.80. The third kappa shape index (κ3) is 3.96. The smallest absolute Gasteiger partial charge is 0.292 e. The first-order valence-corrected chi connectivity index (χ1v) is 5.80. The Balaban J connectivity index is 2.66. The zero-order chi connectivity index (χ0) is 13.7. The number of benzene rings is 1. The lowest BCUT2D eigenvalue weighted by molar-refractivity contribution is -0.384. The van der Waals surface area contributed by atoms with Crippen molar-refractivity contribution in [2.75, 3.05) is 25.5 Å². The summed E-state index contributed by atoms with van der Waals surface area (Å²) in [7, 11) is 1.96. The summed E-state index contributed by atoms with van der Waals surface area (Å²) in [5, 5.41) is 13.7. The lowest BCUT2D eigenvalue weighted by Crippen LogP contribution is -2.31. The molecule has 5 nitrogen and oxygen atoms in total. The number of likely N-dealkylation sites (N-methyl/N-ethyl adjacent to an activating group) is 1. The van der Waals surface area contributed by atoms with Crippen LogP contribution >= 0.6 is 0 Å². The van der Waals surface area contributed by atoms with Gasteiger partial charge in [-0.3, -0.25) is 10.1 Å². The van der Waals surface area contributed by atoms with Crippen molar-refractivity contribution in [1.29, 1.82) is 0 Å². The molecule has 0 fully saturated rings. The van der Waals surface area contributed by atoms with Crippen LogP contribution in [0.5, 0.6) is 0 Å². The molecule has 0 atom stereocenters. The van der Waals surface area contributed by atoms with Crippen LogP contribution in [0.2, 0.25) is 0 Å². The molecule has 6 heteroatoms. The molecule has 1 rings (SSSR count). The van der Waals surface area contributed by atoms with Crippen molar-refractivity contribution in [2.24, 2.45) is 0 Å². The van der Waals surface area contributed by atoms with Crippen LogP contribution in [0.3, 0.4) is 0 Å². The van der Waals surface area contributed by atoms with Gasteiger partial charge in [0.05, 0.1) is 4.92 Å². The van der Waals surface area contributed by atoms with Gasteiger partial charge in [-0.25, -0.2) is 4.39 Å². The number of hydrogen-bond acceptors (Lipinski definition) is 4. The van der Waals surface area contributed by atoms with Crippen LogP contribution < -0.4 is 5.32 Å². The second kappa shape index (κ2) is 6.30. The van der Waals surface area contributed by atoms with Gasteiger partial charge < -0.3 is 10.2 Å². The largest absolute Gasteiger partial charge is 0.378 e. The normalized spacial score (nSPS) is 11.0. The molecule has 0 heterocycles. The molecule has 0 radical (unpaired) electrons. The average Bonchev–Trinajstić information content (AvgIpc) is 2.28. The fourth-order valence-electron chi connectivity index (χ4n) is 1.43. The summed E-state index contributed by atoms with van der Waals surface area (Å²) >= 11 is 0. The predicted molar refractivity (Wildman–Crippen MR) is 69.3 cm³/mol. The van der Waals surface area contributed by atoms with Crippen LogP contribution in [0, 0.1) is 15.9 Å². The van der Waals surface area contributed by atoms with Gasteiger partial charge in [-0.2, -0.15) is 0 Å². The molecule has 0 amide bonds. The number of halogens is 1. The third-order valence-electron chi connectivity index (χ3n) is 2.82. The van der Waals surface area contributed by atoms with E-state index in [0.717, 1.165) is 18.7 Å². The molecule has 0 bridgehead atoms. The molecular weight excluding hydrogens is 237 g/mol. The number of anilines is 1. The molecule has 1 N–H and O–H groups in total. The molecular formula is C12H18FN3O2. The number of nitro benzene ring substituents is 1. The number of nitro groups is 1. The van der Waals surface area contributed by atoms with Gasteiger partial charge in [-0.1, -0.05) is 0 Å². The Morgan fingerprint density at radius 3 is 2.72 bits per heavy atom. The van der Waals surface area contributed by atoms with Crippen molar-refractivity contribution in [3.63, 3.8) is 0 Å². The summed E-state index contributed by atoms with van der Waals surface area (Å²) in [6.45, 7) is 5.37. The van der Waals surface area contributed by atoms with Crippen LogP contribution in [-0.4, -0.2) is 36.0 Å². The Morgan fingerprint density at radius 2 is 2.17 bits per heavy atom. The Hall–Kier alpha value is -1.69. The Labute approximate surface area is 106 Å². The van der Waals surface area contributed by atoms with Crippen molar-refractivity contribution >= 4 is 11.4 Å². The zero-order valence-electron chi connectivity index (χ0n) is 10.8. The van der Waals surface area contributed by atoms with Gasteiger partial charge in [0.25, 0.3) is 5.69 Å². The van der Waals surface area contributed by atoms with Gasteiger partial charge in [0.15, 0.2) is 0 Å². The van der Waals surface area contributed by atoms with Gasteiger partial charge in [0, 0.05) is 31.3 Å². The lowest BCUT2D eigenvalue weighted by Gasteiger charge is -2.21. The van der Waals surface area contributed by atoms with E-state index in [1.54, 1.807) is 0 Å². The van der Waals surface area contributed by atoms with E-state index in [1.165, 1.54) is 6.07 Å². The molecule has 18 heavy (non-hydrogen) atoms. The van der Waals surface area contributed by atoms with Crippen molar-refractivity contribution in [3.8, 4) is 0 Å². The van der Waals surface area contributed by atoms with Crippen molar-refractivity contribution in [2.45, 2.75) is 19.9 Å². The Bertz CT molecular complexity index is 424. The predicted octanol–water partition coefficient (Wildman–Crippen LogP) is 2.49. The van der Waals surface area contributed by atoms with Crippen LogP contribution in [0.25, 0.3) is 0 Å².